The molecule has 280 valence electrons. The first kappa shape index (κ1) is 37.3. The number of ether oxygens (including phenoxy) is 3. The zero-order valence-corrected chi connectivity index (χ0v) is 30.6. The highest BCUT2D eigenvalue weighted by Gasteiger charge is 2.37. The van der Waals surface area contributed by atoms with Crippen molar-refractivity contribution in [3.63, 3.8) is 0 Å². The summed E-state index contributed by atoms with van der Waals surface area (Å²) in [4.78, 5) is 66.6. The largest absolute Gasteiger partial charge is 0.453 e. The second kappa shape index (κ2) is 16.9. The summed E-state index contributed by atoms with van der Waals surface area (Å²) in [5, 5.41) is 5.22. The third-order valence-electron chi connectivity index (χ3n) is 10.2. The molecule has 3 aliphatic heterocycles. The standard InChI is InChI=1S/C39H47N7O7/c1-24(42-38(49)52-3)36(47)45-18-5-7-33(45)31-21-29(22-40-31)27-11-9-25(10-12-27)26-13-15-28(16-14-26)32-23-41-35(43-32)34-8-6-19-46(34)37(48)30(17-20-51-2)44-39(50)53-4/h9-16,22-24,30,33-34H,5-8,17-21H2,1-4H3,(H,41,43)(H,42,49)(H,44,50)/t24-,30-,33-,34-/m0/s1. The summed E-state index contributed by atoms with van der Waals surface area (Å²) in [6.07, 6.45) is 6.73. The maximum absolute atomic E-state index is 13.5. The Morgan fingerprint density at radius 2 is 1.40 bits per heavy atom. The van der Waals surface area contributed by atoms with Crippen molar-refractivity contribution in [1.29, 1.82) is 0 Å². The minimum atomic E-state index is -0.757. The molecule has 0 aliphatic carbocycles. The molecule has 0 radical (unpaired) electrons. The quantitative estimate of drug-likeness (QED) is 0.232. The smallest absolute Gasteiger partial charge is 0.407 e. The second-order valence-electron chi connectivity index (χ2n) is 13.5. The number of benzene rings is 2. The average Bonchev–Trinajstić information content (AvgIpc) is 4.02. The lowest BCUT2D eigenvalue weighted by molar-refractivity contribution is -0.135. The second-order valence-corrected chi connectivity index (χ2v) is 13.5. The minimum absolute atomic E-state index is 0.0877. The van der Waals surface area contributed by atoms with E-state index in [1.807, 2.05) is 11.1 Å². The Balaban J connectivity index is 1.06. The third-order valence-corrected chi connectivity index (χ3v) is 10.2. The molecule has 4 amide bonds. The van der Waals surface area contributed by atoms with E-state index < -0.39 is 24.3 Å². The summed E-state index contributed by atoms with van der Waals surface area (Å²) in [6.45, 7) is 3.20. The van der Waals surface area contributed by atoms with Gasteiger partial charge in [0, 0.05) is 51.6 Å². The zero-order chi connectivity index (χ0) is 37.5. The van der Waals surface area contributed by atoms with Crippen LogP contribution in [-0.4, -0.2) is 109 Å². The van der Waals surface area contributed by atoms with E-state index in [0.717, 1.165) is 64.9 Å². The first-order valence-corrected chi connectivity index (χ1v) is 18.0. The van der Waals surface area contributed by atoms with Crippen molar-refractivity contribution in [3.8, 4) is 22.4 Å². The Morgan fingerprint density at radius 3 is 2.04 bits per heavy atom. The molecule has 53 heavy (non-hydrogen) atoms. The predicted octanol–water partition coefficient (Wildman–Crippen LogP) is 5.09. The molecule has 0 bridgehead atoms. The van der Waals surface area contributed by atoms with Crippen LogP contribution in [-0.2, 0) is 23.8 Å². The van der Waals surface area contributed by atoms with Crippen LogP contribution in [0.3, 0.4) is 0 Å². The molecule has 4 atom stereocenters. The normalized spacial score (nSPS) is 19.3. The monoisotopic (exact) mass is 725 g/mol. The van der Waals surface area contributed by atoms with Crippen LogP contribution in [0.2, 0.25) is 0 Å². The number of nitrogens with zero attached hydrogens (tertiary/aromatic N) is 4. The summed E-state index contributed by atoms with van der Waals surface area (Å²) >= 11 is 0. The number of H-pyrrole nitrogens is 1. The van der Waals surface area contributed by atoms with E-state index in [0.29, 0.717) is 38.4 Å². The van der Waals surface area contributed by atoms with E-state index in [1.54, 1.807) is 25.1 Å². The number of alkyl carbamates (subject to hydrolysis) is 2. The van der Waals surface area contributed by atoms with Crippen LogP contribution < -0.4 is 10.6 Å². The Morgan fingerprint density at radius 1 is 0.811 bits per heavy atom. The number of carbonyl (C=O) groups excluding carboxylic acids is 4. The number of imidazole rings is 1. The first-order valence-electron chi connectivity index (χ1n) is 18.0. The fourth-order valence-corrected chi connectivity index (χ4v) is 7.33. The minimum Gasteiger partial charge on any atom is -0.453 e. The molecule has 6 rings (SSSR count). The summed E-state index contributed by atoms with van der Waals surface area (Å²) in [5.41, 5.74) is 7.12. The molecule has 3 aliphatic rings. The number of hydrogen-bond donors (Lipinski definition) is 3. The Bertz CT molecular complexity index is 1850. The Hall–Kier alpha value is -5.50. The summed E-state index contributed by atoms with van der Waals surface area (Å²) in [5.74, 6) is 0.386. The van der Waals surface area contributed by atoms with Gasteiger partial charge in [0.1, 0.15) is 17.9 Å². The van der Waals surface area contributed by atoms with Gasteiger partial charge in [-0.3, -0.25) is 14.6 Å². The number of hydrogen-bond acceptors (Lipinski definition) is 9. The van der Waals surface area contributed by atoms with Crippen molar-refractivity contribution in [3.05, 3.63) is 72.3 Å². The number of aromatic nitrogens is 2. The summed E-state index contributed by atoms with van der Waals surface area (Å²) in [6, 6.07) is 14.9. The molecule has 1 aromatic heterocycles. The molecule has 4 heterocycles. The number of aromatic amines is 1. The lowest BCUT2D eigenvalue weighted by atomic mass is 9.96. The van der Waals surface area contributed by atoms with Crippen LogP contribution in [0.1, 0.15) is 62.9 Å². The van der Waals surface area contributed by atoms with Gasteiger partial charge in [0.25, 0.3) is 0 Å². The van der Waals surface area contributed by atoms with Gasteiger partial charge in [-0.25, -0.2) is 14.6 Å². The van der Waals surface area contributed by atoms with Crippen LogP contribution in [0.15, 0.2) is 65.9 Å². The van der Waals surface area contributed by atoms with Crippen LogP contribution in [0.4, 0.5) is 9.59 Å². The van der Waals surface area contributed by atoms with Crippen LogP contribution in [0.25, 0.3) is 28.0 Å². The number of carbonyl (C=O) groups is 4. The van der Waals surface area contributed by atoms with Gasteiger partial charge in [0.2, 0.25) is 11.8 Å². The van der Waals surface area contributed by atoms with Crippen molar-refractivity contribution < 1.29 is 33.4 Å². The zero-order valence-electron chi connectivity index (χ0n) is 30.6. The van der Waals surface area contributed by atoms with E-state index >= 15 is 0 Å². The maximum atomic E-state index is 13.5. The van der Waals surface area contributed by atoms with Gasteiger partial charge in [-0.1, -0.05) is 48.5 Å². The SMILES string of the molecule is COCC[C@H](NC(=O)OC)C(=O)N1CCC[C@H]1c1ncc(-c2ccc(-c3ccc(C4=CN=C([C@@H]5CCCN5C(=O)[C@H](C)NC(=O)OC)C4)cc3)cc2)[nH]1. The number of rotatable bonds is 12. The third kappa shape index (κ3) is 8.43. The molecule has 2 saturated heterocycles. The molecular formula is C39H47N7O7. The van der Waals surface area contributed by atoms with Gasteiger partial charge in [0.05, 0.1) is 38.2 Å². The van der Waals surface area contributed by atoms with Crippen LogP contribution >= 0.6 is 0 Å². The average molecular weight is 726 g/mol. The summed E-state index contributed by atoms with van der Waals surface area (Å²) in [7, 11) is 4.11. The number of likely N-dealkylation sites (tertiary alicyclic amines) is 2. The van der Waals surface area contributed by atoms with Gasteiger partial charge < -0.3 is 39.6 Å². The maximum Gasteiger partial charge on any atom is 0.407 e. The van der Waals surface area contributed by atoms with Crippen molar-refractivity contribution in [2.24, 2.45) is 4.99 Å². The van der Waals surface area contributed by atoms with E-state index in [1.165, 1.54) is 14.2 Å². The lowest BCUT2D eigenvalue weighted by Gasteiger charge is -2.28. The number of amides is 4. The van der Waals surface area contributed by atoms with E-state index in [4.69, 9.17) is 14.5 Å². The highest BCUT2D eigenvalue weighted by molar-refractivity contribution is 6.03. The molecule has 14 heteroatoms. The summed E-state index contributed by atoms with van der Waals surface area (Å²) < 4.78 is 14.6. The molecule has 2 aromatic carbocycles. The van der Waals surface area contributed by atoms with E-state index in [-0.39, 0.29) is 23.9 Å². The Labute approximate surface area is 309 Å². The van der Waals surface area contributed by atoms with Gasteiger partial charge in [-0.05, 0) is 60.4 Å². The highest BCUT2D eigenvalue weighted by atomic mass is 16.5. The number of nitrogens with one attached hydrogen (secondary N) is 3. The van der Waals surface area contributed by atoms with Crippen molar-refractivity contribution in [2.75, 3.05) is 41.0 Å². The first-order chi connectivity index (χ1) is 25.7. The van der Waals surface area contributed by atoms with Gasteiger partial charge in [-0.15, -0.1) is 0 Å². The van der Waals surface area contributed by atoms with Crippen molar-refractivity contribution in [2.45, 2.75) is 69.6 Å². The predicted molar refractivity (Wildman–Crippen MR) is 199 cm³/mol. The molecule has 14 nitrogen and oxygen atoms in total. The Kier molecular flexibility index (Phi) is 11.9. The van der Waals surface area contributed by atoms with Gasteiger partial charge in [0.15, 0.2) is 0 Å². The fourth-order valence-electron chi connectivity index (χ4n) is 7.33. The van der Waals surface area contributed by atoms with Crippen molar-refractivity contribution in [1.82, 2.24) is 30.4 Å². The number of allylic oxidation sites excluding steroid dienone is 1. The topological polar surface area (TPSA) is 168 Å². The van der Waals surface area contributed by atoms with Crippen molar-refractivity contribution >= 4 is 35.3 Å². The highest BCUT2D eigenvalue weighted by Crippen LogP contribution is 2.34. The van der Waals surface area contributed by atoms with Crippen LogP contribution in [0.5, 0.6) is 0 Å². The molecule has 2 fully saturated rings. The van der Waals surface area contributed by atoms with E-state index in [9.17, 15) is 19.2 Å². The number of methoxy groups -OCH3 is 3. The fraction of sp³-hybridized carbons (Fsp3) is 0.436. The number of aliphatic imine (C=N–C) groups is 1. The van der Waals surface area contributed by atoms with Gasteiger partial charge in [-0.2, -0.15) is 0 Å². The molecule has 0 unspecified atom stereocenters. The molecular weight excluding hydrogens is 678 g/mol. The van der Waals surface area contributed by atoms with Crippen LogP contribution in [0, 0.1) is 0 Å². The van der Waals surface area contributed by atoms with E-state index in [2.05, 4.69) is 73.9 Å². The molecule has 3 N–H and O–H groups in total. The van der Waals surface area contributed by atoms with Gasteiger partial charge >= 0.3 is 12.2 Å². The molecule has 3 aromatic rings. The lowest BCUT2D eigenvalue weighted by Crippen LogP contribution is -2.50. The molecule has 0 saturated carbocycles. The molecule has 0 spiro atoms.